The predicted octanol–water partition coefficient (Wildman–Crippen LogP) is 12.8. The van der Waals surface area contributed by atoms with Crippen LogP contribution in [0, 0.1) is 47.4 Å². The molecule has 594 valence electrons. The first kappa shape index (κ1) is 81.3. The Hall–Kier alpha value is -12.8. The third-order valence-corrected chi connectivity index (χ3v) is 19.1. The summed E-state index contributed by atoms with van der Waals surface area (Å²) in [5, 5.41) is 27.0. The summed E-state index contributed by atoms with van der Waals surface area (Å²) in [6.07, 6.45) is 5.54. The Balaban J connectivity index is 0.000000151. The molecule has 116 heavy (non-hydrogen) atoms. The molecule has 3 aliphatic rings. The molecule has 0 bridgehead atoms. The number of amides is 3. The minimum Gasteiger partial charge on any atom is -0.322 e. The molecule has 9 aromatic heterocycles. The average Bonchev–Trinajstić information content (AvgIpc) is 1.33. The number of piperidine rings is 1. The number of fused-ring (bicyclic) bond motifs is 3. The molecule has 3 saturated heterocycles. The molecule has 5 atom stereocenters. The number of halogens is 9. The summed E-state index contributed by atoms with van der Waals surface area (Å²) in [5.41, 5.74) is 3.94. The number of hydrogen-bond acceptors (Lipinski definition) is 17. The van der Waals surface area contributed by atoms with Gasteiger partial charge in [-0.15, -0.1) is 0 Å². The molecule has 23 nitrogen and oxygen atoms in total. The maximum Gasteiger partial charge on any atom is 0.416 e. The molecule has 0 saturated carbocycles. The van der Waals surface area contributed by atoms with Gasteiger partial charge in [-0.2, -0.15) is 54.8 Å². The average molecular weight is 1590 g/mol. The number of piperazine rings is 2. The van der Waals surface area contributed by atoms with E-state index >= 15 is 0 Å². The Kier molecular flexibility index (Phi) is 25.0. The molecular weight excluding hydrogens is 1510 g/mol. The van der Waals surface area contributed by atoms with Crippen LogP contribution in [0.15, 0.2) is 184 Å². The fourth-order valence-electron chi connectivity index (χ4n) is 14.2. The van der Waals surface area contributed by atoms with E-state index in [1.807, 2.05) is 30.6 Å². The first-order valence-corrected chi connectivity index (χ1v) is 37.1. The molecule has 3 fully saturated rings. The van der Waals surface area contributed by atoms with E-state index in [1.165, 1.54) is 91.8 Å². The van der Waals surface area contributed by atoms with Gasteiger partial charge in [-0.05, 0) is 164 Å². The zero-order chi connectivity index (χ0) is 81.8. The van der Waals surface area contributed by atoms with E-state index in [4.69, 9.17) is 0 Å². The summed E-state index contributed by atoms with van der Waals surface area (Å²) in [5.74, 6) is 16.8. The van der Waals surface area contributed by atoms with Crippen molar-refractivity contribution in [1.29, 1.82) is 0 Å². The lowest BCUT2D eigenvalue weighted by Crippen LogP contribution is -2.53. The summed E-state index contributed by atoms with van der Waals surface area (Å²) < 4.78 is 130. The van der Waals surface area contributed by atoms with Crippen LogP contribution >= 0.6 is 0 Å². The lowest BCUT2D eigenvalue weighted by atomic mass is 9.91. The minimum absolute atomic E-state index is 0.0476. The molecule has 3 aromatic carbocycles. The van der Waals surface area contributed by atoms with Gasteiger partial charge in [-0.25, -0.2) is 28.5 Å². The van der Waals surface area contributed by atoms with Gasteiger partial charge in [0.25, 0.3) is 17.7 Å². The second-order valence-corrected chi connectivity index (χ2v) is 28.8. The lowest BCUT2D eigenvalue weighted by Gasteiger charge is -2.36. The number of likely N-dealkylation sites (tertiary alicyclic amines) is 1. The van der Waals surface area contributed by atoms with Crippen molar-refractivity contribution in [2.45, 2.75) is 97.3 Å². The van der Waals surface area contributed by atoms with Crippen LogP contribution in [-0.2, 0) is 38.2 Å². The Bertz CT molecular complexity index is 5530. The number of hydrogen-bond donors (Lipinski definition) is 5. The Labute approximate surface area is 660 Å². The fraction of sp³-hybridized carbons (Fsp3) is 0.286. The van der Waals surface area contributed by atoms with Crippen LogP contribution in [0.2, 0.25) is 0 Å². The first-order chi connectivity index (χ1) is 55.6. The maximum absolute atomic E-state index is 14.0. The molecule has 5 N–H and O–H groups in total. The van der Waals surface area contributed by atoms with Crippen LogP contribution in [0.1, 0.15) is 139 Å². The van der Waals surface area contributed by atoms with E-state index in [0.29, 0.717) is 88.7 Å². The van der Waals surface area contributed by atoms with Gasteiger partial charge in [0.1, 0.15) is 17.1 Å². The van der Waals surface area contributed by atoms with Crippen molar-refractivity contribution in [3.8, 4) is 35.5 Å². The van der Waals surface area contributed by atoms with Crippen LogP contribution in [0.4, 0.5) is 56.6 Å². The SMILES string of the molecule is C[C@@H]1CN(Cc2ccc(NC(=O)c3cncc(C#Cc4cnc5cccnn45)c3)cc2C(F)(F)F)C[C@H](C)N1.C[C@@H]1C[C@H](C)CN(Cc2ccc(NC(=O)c3cncc(C#Cc4cnc5cccnn45)c3)cc2C(F)(F)F)C1.C[C@H]1CN(Cc2ccc(NC(=O)c3cncc(C#Cc4cnc5cccnn45)c3)cc2C(F)(F)F)CCN1. The predicted molar refractivity (Wildman–Crippen MR) is 416 cm³/mol. The van der Waals surface area contributed by atoms with Crippen LogP contribution < -0.4 is 26.6 Å². The summed E-state index contributed by atoms with van der Waals surface area (Å²) in [6.45, 7) is 15.7. The minimum atomic E-state index is -4.56. The number of rotatable bonds is 12. The van der Waals surface area contributed by atoms with Crippen molar-refractivity contribution < 1.29 is 53.9 Å². The molecule has 3 amide bonds. The highest BCUT2D eigenvalue weighted by molar-refractivity contribution is 6.05. The number of carbonyl (C=O) groups excluding carboxylic acids is 3. The topological polar surface area (TPSA) is 250 Å². The number of aromatic nitrogens is 12. The normalized spacial score (nSPS) is 17.4. The lowest BCUT2D eigenvalue weighted by molar-refractivity contribution is -0.139. The Morgan fingerprint density at radius 1 is 0.414 bits per heavy atom. The van der Waals surface area contributed by atoms with Crippen LogP contribution in [0.5, 0.6) is 0 Å². The number of carbonyl (C=O) groups is 3. The van der Waals surface area contributed by atoms with E-state index in [9.17, 15) is 53.9 Å². The zero-order valence-electron chi connectivity index (χ0n) is 63.3. The highest BCUT2D eigenvalue weighted by Crippen LogP contribution is 2.38. The standard InChI is InChI=1S/C29H27F3N6O.C28H26F3N7O.C27H24F3N7O/c1-19-10-20(2)17-37(16-19)18-22-6-7-24(12-26(22)29(30,31)32)36-28(39)23-11-21(13-33-14-23)5-8-25-15-34-27-4-3-9-35-38(25)27;1-18-15-37(16-19(2)35-18)17-21-6-7-23(11-25(21)28(29,30)31)36-27(39)22-10-20(12-32-13-22)5-8-24-14-33-26-4-3-9-34-38(24)26;1-18-16-36(10-9-32-18)17-20-5-6-22(12-24(20)27(28,29)30)35-26(38)21-11-19(13-31-14-21)4-7-23-15-33-25-3-2-8-34-37(23)25/h3-4,6-7,9,11-15,19-20H,10,16-18H2,1-2H3,(H,36,39);3-4,6-7,9-14,18-19,35H,15-17H2,1-2H3,(H,36,39);2-3,5-6,8,11-15,18,32H,9-10,16-17H2,1H3,(H,35,38)/t19-,20+;18-,19+;18-/m..0/s1. The number of pyridine rings is 3. The summed E-state index contributed by atoms with van der Waals surface area (Å²) >= 11 is 0. The number of nitrogens with one attached hydrogen (secondary N) is 5. The fourth-order valence-corrected chi connectivity index (χ4v) is 14.2. The molecule has 0 spiro atoms. The van der Waals surface area contributed by atoms with Gasteiger partial charge in [0.2, 0.25) is 0 Å². The van der Waals surface area contributed by atoms with Gasteiger partial charge in [0.15, 0.2) is 16.9 Å². The number of anilines is 3. The molecule has 0 unspecified atom stereocenters. The van der Waals surface area contributed by atoms with Gasteiger partial charge < -0.3 is 26.6 Å². The van der Waals surface area contributed by atoms with Crippen LogP contribution in [-0.4, -0.2) is 155 Å². The van der Waals surface area contributed by atoms with Crippen molar-refractivity contribution in [3.05, 3.63) is 267 Å². The maximum atomic E-state index is 14.0. The summed E-state index contributed by atoms with van der Waals surface area (Å²) in [7, 11) is 0. The molecule has 12 heterocycles. The Morgan fingerprint density at radius 2 is 0.750 bits per heavy atom. The number of nitrogens with zero attached hydrogens (tertiary/aromatic N) is 15. The third-order valence-electron chi connectivity index (χ3n) is 19.1. The largest absolute Gasteiger partial charge is 0.416 e. The molecular formula is C84H77F9N20O3. The van der Waals surface area contributed by atoms with Crippen molar-refractivity contribution in [2.24, 2.45) is 11.8 Å². The van der Waals surface area contributed by atoms with E-state index < -0.39 is 52.9 Å². The van der Waals surface area contributed by atoms with Gasteiger partial charge in [-0.3, -0.25) is 44.0 Å². The molecule has 0 aliphatic carbocycles. The van der Waals surface area contributed by atoms with Crippen LogP contribution in [0.3, 0.4) is 0 Å². The molecule has 15 rings (SSSR count). The van der Waals surface area contributed by atoms with Crippen LogP contribution in [0.25, 0.3) is 16.9 Å². The van der Waals surface area contributed by atoms with Crippen molar-refractivity contribution in [1.82, 2.24) is 84.1 Å². The van der Waals surface area contributed by atoms with E-state index in [1.54, 1.807) is 87.1 Å². The van der Waals surface area contributed by atoms with Gasteiger partial charge in [-0.1, -0.05) is 49.8 Å². The molecule has 0 radical (unpaired) electrons. The second-order valence-electron chi connectivity index (χ2n) is 28.8. The third kappa shape index (κ3) is 21.2. The second kappa shape index (κ2) is 35.7. The highest BCUT2D eigenvalue weighted by atomic mass is 19.4. The van der Waals surface area contributed by atoms with Gasteiger partial charge >= 0.3 is 18.5 Å². The Morgan fingerprint density at radius 3 is 1.09 bits per heavy atom. The zero-order valence-corrected chi connectivity index (χ0v) is 63.3. The number of imidazole rings is 3. The number of alkyl halides is 9. The van der Waals surface area contributed by atoms with Gasteiger partial charge in [0, 0.05) is 173 Å². The summed E-state index contributed by atoms with van der Waals surface area (Å²) in [6, 6.07) is 27.6. The van der Waals surface area contributed by atoms with Crippen molar-refractivity contribution in [2.75, 3.05) is 61.8 Å². The molecule has 12 aromatic rings. The quantitative estimate of drug-likeness (QED) is 0.0563. The molecule has 32 heteroatoms. The summed E-state index contributed by atoms with van der Waals surface area (Å²) in [4.78, 5) is 69.6. The number of benzene rings is 3. The highest BCUT2D eigenvalue weighted by Gasteiger charge is 2.38. The monoisotopic (exact) mass is 1580 g/mol. The first-order valence-electron chi connectivity index (χ1n) is 37.1. The smallest absolute Gasteiger partial charge is 0.322 e. The van der Waals surface area contributed by atoms with Crippen molar-refractivity contribution >= 4 is 51.7 Å². The van der Waals surface area contributed by atoms with E-state index in [-0.39, 0.29) is 88.2 Å². The van der Waals surface area contributed by atoms with E-state index in [2.05, 4.69) is 126 Å². The van der Waals surface area contributed by atoms with E-state index in [0.717, 1.165) is 44.3 Å². The molecule has 3 aliphatic heterocycles. The van der Waals surface area contributed by atoms with Gasteiger partial charge in [0.05, 0.1) is 52.0 Å². The van der Waals surface area contributed by atoms with Crippen molar-refractivity contribution in [3.63, 3.8) is 0 Å².